The fourth-order valence-corrected chi connectivity index (χ4v) is 3.94. The van der Waals surface area contributed by atoms with Crippen LogP contribution in [0.3, 0.4) is 0 Å². The molecule has 6 nitrogen and oxygen atoms in total. The van der Waals surface area contributed by atoms with Gasteiger partial charge in [-0.05, 0) is 75.3 Å². The van der Waals surface area contributed by atoms with Gasteiger partial charge in [0.1, 0.15) is 11.6 Å². The number of hydrogen-bond acceptors (Lipinski definition) is 6. The molecule has 0 unspecified atom stereocenters. The number of halogens is 3. The Bertz CT molecular complexity index is 1310. The highest BCUT2D eigenvalue weighted by Crippen LogP contribution is 2.33. The lowest BCUT2D eigenvalue weighted by Crippen LogP contribution is -2.29. The molecular weight excluding hydrogens is 553 g/mol. The minimum Gasteiger partial charge on any atom is -0.423 e. The van der Waals surface area contributed by atoms with E-state index in [0.29, 0.717) is 26.9 Å². The first-order valence-electron chi connectivity index (χ1n) is 11.9. The van der Waals surface area contributed by atoms with Gasteiger partial charge < -0.3 is 21.5 Å². The fraction of sp³-hybridized carbons (Fsp3) is 0.214. The van der Waals surface area contributed by atoms with Crippen LogP contribution in [-0.2, 0) is 0 Å². The van der Waals surface area contributed by atoms with Gasteiger partial charge in [0.05, 0.1) is 0 Å². The molecule has 2 aromatic heterocycles. The van der Waals surface area contributed by atoms with Crippen LogP contribution in [0.1, 0.15) is 50.7 Å². The predicted molar refractivity (Wildman–Crippen MR) is 155 cm³/mol. The van der Waals surface area contributed by atoms with Crippen molar-refractivity contribution in [1.82, 2.24) is 9.97 Å². The molecule has 200 valence electrons. The summed E-state index contributed by atoms with van der Waals surface area (Å²) >= 11 is 3.20. The van der Waals surface area contributed by atoms with E-state index in [1.165, 1.54) is 30.5 Å². The van der Waals surface area contributed by atoms with Crippen molar-refractivity contribution in [3.05, 3.63) is 101 Å². The highest BCUT2D eigenvalue weighted by Gasteiger charge is 2.13. The molecule has 0 radical (unpaired) electrons. The zero-order chi connectivity index (χ0) is 28.4. The van der Waals surface area contributed by atoms with E-state index in [9.17, 15) is 8.78 Å². The van der Waals surface area contributed by atoms with Gasteiger partial charge in [-0.3, -0.25) is 9.97 Å². The van der Waals surface area contributed by atoms with E-state index in [0.717, 1.165) is 16.7 Å². The van der Waals surface area contributed by atoms with E-state index < -0.39 is 7.12 Å². The summed E-state index contributed by atoms with van der Waals surface area (Å²) in [5.74, 6) is -0.0698. The van der Waals surface area contributed by atoms with Gasteiger partial charge in [-0.2, -0.15) is 0 Å². The average molecular weight is 585 g/mol. The molecule has 0 atom stereocenters. The van der Waals surface area contributed by atoms with Crippen LogP contribution >= 0.6 is 15.9 Å². The van der Waals surface area contributed by atoms with Crippen LogP contribution in [0.15, 0.2) is 77.8 Å². The van der Waals surface area contributed by atoms with Gasteiger partial charge in [0.25, 0.3) is 0 Å². The molecule has 0 aliphatic carbocycles. The third-order valence-corrected chi connectivity index (χ3v) is 6.16. The van der Waals surface area contributed by atoms with E-state index in [1.54, 1.807) is 30.7 Å². The van der Waals surface area contributed by atoms with E-state index in [-0.39, 0.29) is 23.5 Å². The highest BCUT2D eigenvalue weighted by atomic mass is 79.9. The van der Waals surface area contributed by atoms with Crippen LogP contribution in [0.4, 0.5) is 20.2 Å². The van der Waals surface area contributed by atoms with Gasteiger partial charge >= 0.3 is 7.12 Å². The number of pyridine rings is 2. The first kappa shape index (κ1) is 30.9. The SMILES string of the molecule is CC(C)c1cc(F)cc(-c2cccnc2)c1N.CC(C)c1cc(F)cc(Br)c1N.OB(O)c1cccnc1. The first-order chi connectivity index (χ1) is 17.9. The number of rotatable bonds is 4. The normalized spacial score (nSPS) is 10.4. The Hall–Kier alpha value is -3.34. The predicted octanol–water partition coefficient (Wildman–Crippen LogP) is 5.65. The Morgan fingerprint density at radius 3 is 1.76 bits per heavy atom. The second-order valence-corrected chi connectivity index (χ2v) is 9.91. The van der Waals surface area contributed by atoms with Gasteiger partial charge in [0, 0.05) is 57.2 Å². The summed E-state index contributed by atoms with van der Waals surface area (Å²) in [6.07, 6.45) is 6.36. The van der Waals surface area contributed by atoms with Gasteiger partial charge in [-0.1, -0.05) is 39.8 Å². The van der Waals surface area contributed by atoms with Crippen molar-refractivity contribution >= 4 is 39.9 Å². The second kappa shape index (κ2) is 14.6. The number of aromatic nitrogens is 2. The average Bonchev–Trinajstić information content (AvgIpc) is 2.89. The molecule has 0 amide bonds. The summed E-state index contributed by atoms with van der Waals surface area (Å²) in [6.45, 7) is 7.96. The third-order valence-electron chi connectivity index (χ3n) is 5.50. The van der Waals surface area contributed by atoms with Crippen molar-refractivity contribution in [3.63, 3.8) is 0 Å². The lowest BCUT2D eigenvalue weighted by molar-refractivity contribution is 0.425. The standard InChI is InChI=1S/C14H15FN2.C9H11BrFN.C5H6BNO2/c1-9(2)12-6-11(15)7-13(14(12)16)10-4-3-5-17-8-10;1-5(2)7-3-6(11)4-8(10)9(7)12;8-6(9)5-2-1-3-7-4-5/h3-9H,16H2,1-2H3;3-5H,12H2,1-2H3;1-4,8-9H. The number of benzene rings is 2. The van der Waals surface area contributed by atoms with Crippen LogP contribution in [0.5, 0.6) is 0 Å². The molecule has 0 aliphatic heterocycles. The quantitative estimate of drug-likeness (QED) is 0.182. The summed E-state index contributed by atoms with van der Waals surface area (Å²) in [4.78, 5) is 7.71. The minimum atomic E-state index is -1.40. The molecule has 2 aromatic carbocycles. The Morgan fingerprint density at radius 1 is 0.789 bits per heavy atom. The van der Waals surface area contributed by atoms with Crippen LogP contribution in [0, 0.1) is 11.6 Å². The molecule has 38 heavy (non-hydrogen) atoms. The summed E-state index contributed by atoms with van der Waals surface area (Å²) < 4.78 is 27.1. The number of nitrogens with two attached hydrogens (primary N) is 2. The van der Waals surface area contributed by atoms with Crippen LogP contribution in [-0.4, -0.2) is 27.1 Å². The maximum atomic E-state index is 13.6. The van der Waals surface area contributed by atoms with Crippen molar-refractivity contribution in [3.8, 4) is 11.1 Å². The van der Waals surface area contributed by atoms with Crippen LogP contribution < -0.4 is 16.9 Å². The van der Waals surface area contributed by atoms with Gasteiger partial charge in [0.15, 0.2) is 0 Å². The maximum absolute atomic E-state index is 13.6. The molecule has 0 aliphatic rings. The summed E-state index contributed by atoms with van der Waals surface area (Å²) in [7, 11) is -1.40. The third kappa shape index (κ3) is 8.90. The van der Waals surface area contributed by atoms with Crippen molar-refractivity contribution in [2.75, 3.05) is 11.5 Å². The van der Waals surface area contributed by atoms with E-state index in [1.807, 2.05) is 39.8 Å². The lowest BCUT2D eigenvalue weighted by Gasteiger charge is -2.14. The molecule has 4 rings (SSSR count). The van der Waals surface area contributed by atoms with Crippen molar-refractivity contribution in [2.45, 2.75) is 39.5 Å². The first-order valence-corrected chi connectivity index (χ1v) is 12.7. The monoisotopic (exact) mass is 584 g/mol. The Kier molecular flexibility index (Phi) is 11.8. The smallest absolute Gasteiger partial charge is 0.423 e. The van der Waals surface area contributed by atoms with Gasteiger partial charge in [-0.15, -0.1) is 0 Å². The molecule has 0 saturated carbocycles. The number of hydrogen-bond donors (Lipinski definition) is 4. The number of nitrogens with zero attached hydrogens (tertiary/aromatic N) is 2. The van der Waals surface area contributed by atoms with E-state index >= 15 is 0 Å². The second-order valence-electron chi connectivity index (χ2n) is 9.06. The molecule has 0 spiro atoms. The molecule has 4 aromatic rings. The zero-order valence-electron chi connectivity index (χ0n) is 21.7. The number of nitrogen functional groups attached to an aromatic ring is 2. The highest BCUT2D eigenvalue weighted by molar-refractivity contribution is 9.10. The summed E-state index contributed by atoms with van der Waals surface area (Å²) in [5, 5.41) is 17.1. The lowest BCUT2D eigenvalue weighted by atomic mass is 9.82. The van der Waals surface area contributed by atoms with Crippen LogP contribution in [0.25, 0.3) is 11.1 Å². The molecule has 0 fully saturated rings. The molecule has 0 saturated heterocycles. The molecule has 6 N–H and O–H groups in total. The Morgan fingerprint density at radius 2 is 1.32 bits per heavy atom. The van der Waals surface area contributed by atoms with Crippen LogP contribution in [0.2, 0.25) is 0 Å². The van der Waals surface area contributed by atoms with Crippen molar-refractivity contribution < 1.29 is 18.8 Å². The van der Waals surface area contributed by atoms with Crippen molar-refractivity contribution in [1.29, 1.82) is 0 Å². The number of anilines is 2. The maximum Gasteiger partial charge on any atom is 0.490 e. The fourth-order valence-electron chi connectivity index (χ4n) is 3.49. The van der Waals surface area contributed by atoms with Gasteiger partial charge in [-0.25, -0.2) is 8.78 Å². The summed E-state index contributed by atoms with van der Waals surface area (Å²) in [5.41, 5.74) is 16.7. The van der Waals surface area contributed by atoms with E-state index in [2.05, 4.69) is 25.9 Å². The van der Waals surface area contributed by atoms with Crippen molar-refractivity contribution in [2.24, 2.45) is 0 Å². The van der Waals surface area contributed by atoms with Gasteiger partial charge in [0.2, 0.25) is 0 Å². The largest absolute Gasteiger partial charge is 0.490 e. The Labute approximate surface area is 231 Å². The molecular formula is C28H32BBrF2N4O2. The topological polar surface area (TPSA) is 118 Å². The Balaban J connectivity index is 0.000000212. The minimum absolute atomic E-state index is 0.195. The van der Waals surface area contributed by atoms with E-state index in [4.69, 9.17) is 21.5 Å². The molecule has 0 bridgehead atoms. The zero-order valence-corrected chi connectivity index (χ0v) is 23.3. The molecule has 10 heteroatoms. The summed E-state index contributed by atoms with van der Waals surface area (Å²) in [6, 6.07) is 12.7. The molecule has 2 heterocycles.